The summed E-state index contributed by atoms with van der Waals surface area (Å²) in [6.45, 7) is 0. The van der Waals surface area contributed by atoms with Crippen molar-refractivity contribution in [3.05, 3.63) is 64.7 Å². The third-order valence-electron chi connectivity index (χ3n) is 3.40. The number of nitrogens with zero attached hydrogens (tertiary/aromatic N) is 1. The van der Waals surface area contributed by atoms with Crippen molar-refractivity contribution in [3.63, 3.8) is 0 Å². The molecule has 0 radical (unpaired) electrons. The van der Waals surface area contributed by atoms with Crippen LogP contribution in [0.1, 0.15) is 17.2 Å². The van der Waals surface area contributed by atoms with E-state index in [2.05, 4.69) is 10.4 Å². The predicted molar refractivity (Wildman–Crippen MR) is 79.7 cm³/mol. The van der Waals surface area contributed by atoms with Crippen LogP contribution in [0.4, 0.5) is 8.78 Å². The van der Waals surface area contributed by atoms with Gasteiger partial charge in [-0.1, -0.05) is 6.07 Å². The number of halogens is 2. The molecule has 1 aromatic carbocycles. The summed E-state index contributed by atoms with van der Waals surface area (Å²) in [4.78, 5) is 4.32. The number of aromatic nitrogens is 1. The molecule has 1 unspecified atom stereocenters. The highest BCUT2D eigenvalue weighted by Crippen LogP contribution is 2.25. The third-order valence-corrected chi connectivity index (χ3v) is 4.25. The van der Waals surface area contributed by atoms with E-state index in [0.29, 0.717) is 0 Å². The lowest BCUT2D eigenvalue weighted by atomic mass is 10.00. The van der Waals surface area contributed by atoms with Crippen molar-refractivity contribution in [3.8, 4) is 0 Å². The Balaban J connectivity index is 1.94. The van der Waals surface area contributed by atoms with Crippen molar-refractivity contribution >= 4 is 21.6 Å². The van der Waals surface area contributed by atoms with Crippen molar-refractivity contribution in [1.82, 2.24) is 10.4 Å². The van der Waals surface area contributed by atoms with Crippen LogP contribution in [-0.4, -0.2) is 4.98 Å². The normalized spacial score (nSPS) is 12.7. The maximum Gasteiger partial charge on any atom is 0.129 e. The second-order valence-electron chi connectivity index (χ2n) is 4.70. The van der Waals surface area contributed by atoms with E-state index >= 15 is 0 Å². The molecule has 0 aliphatic heterocycles. The summed E-state index contributed by atoms with van der Waals surface area (Å²) in [6.07, 6.45) is 1.80. The molecule has 3 nitrogen and oxygen atoms in total. The highest BCUT2D eigenvalue weighted by atomic mass is 32.1. The Hall–Kier alpha value is -1.89. The number of nitrogens with one attached hydrogen (secondary N) is 1. The van der Waals surface area contributed by atoms with Crippen LogP contribution in [0.2, 0.25) is 0 Å². The quantitative estimate of drug-likeness (QED) is 0.574. The molecule has 21 heavy (non-hydrogen) atoms. The van der Waals surface area contributed by atoms with Gasteiger partial charge in [0.2, 0.25) is 0 Å². The molecule has 3 rings (SSSR count). The number of benzene rings is 1. The van der Waals surface area contributed by atoms with E-state index in [4.69, 9.17) is 5.84 Å². The Kier molecular flexibility index (Phi) is 3.92. The van der Waals surface area contributed by atoms with Gasteiger partial charge in [-0.2, -0.15) is 0 Å². The van der Waals surface area contributed by atoms with Crippen LogP contribution in [0.3, 0.4) is 0 Å². The lowest BCUT2D eigenvalue weighted by molar-refractivity contribution is 0.499. The minimum Gasteiger partial charge on any atom is -0.271 e. The number of hydrogen-bond acceptors (Lipinski definition) is 4. The van der Waals surface area contributed by atoms with Crippen LogP contribution >= 0.6 is 11.3 Å². The lowest BCUT2D eigenvalue weighted by Gasteiger charge is -2.17. The van der Waals surface area contributed by atoms with Crippen molar-refractivity contribution in [2.75, 3.05) is 0 Å². The van der Waals surface area contributed by atoms with E-state index in [1.54, 1.807) is 17.5 Å². The number of hydrazine groups is 1. The predicted octanol–water partition coefficient (Wildman–Crippen LogP) is 3.32. The average molecular weight is 305 g/mol. The molecule has 0 aliphatic rings. The molecule has 0 saturated heterocycles. The lowest BCUT2D eigenvalue weighted by Crippen LogP contribution is -2.30. The molecule has 0 bridgehead atoms. The standard InChI is InChI=1S/C15H13F2N3S/c16-11-2-1-3-12(17)10(11)7-14(20-18)9-6-15-13(19-8-9)4-5-21-15/h1-6,8,14,20H,7,18H2. The number of nitrogens with two attached hydrogens (primary N) is 1. The minimum absolute atomic E-state index is 0.0201. The molecule has 6 heteroatoms. The smallest absolute Gasteiger partial charge is 0.129 e. The van der Waals surface area contributed by atoms with Crippen LogP contribution in [-0.2, 0) is 6.42 Å². The summed E-state index contributed by atoms with van der Waals surface area (Å²) in [6, 6.07) is 7.29. The van der Waals surface area contributed by atoms with Crippen molar-refractivity contribution in [1.29, 1.82) is 0 Å². The Bertz CT molecular complexity index is 752. The molecule has 0 spiro atoms. The van der Waals surface area contributed by atoms with Crippen LogP contribution in [0.15, 0.2) is 41.9 Å². The fourth-order valence-electron chi connectivity index (χ4n) is 2.26. The van der Waals surface area contributed by atoms with Crippen LogP contribution < -0.4 is 11.3 Å². The molecule has 3 N–H and O–H groups in total. The fraction of sp³-hybridized carbons (Fsp3) is 0.133. The average Bonchev–Trinajstić information content (AvgIpc) is 2.94. The van der Waals surface area contributed by atoms with Crippen molar-refractivity contribution in [2.24, 2.45) is 5.84 Å². The van der Waals surface area contributed by atoms with Crippen LogP contribution in [0.5, 0.6) is 0 Å². The molecular formula is C15H13F2N3S. The Labute approximate surface area is 124 Å². The zero-order valence-corrected chi connectivity index (χ0v) is 11.8. The van der Waals surface area contributed by atoms with E-state index in [1.807, 2.05) is 17.5 Å². The molecule has 2 aromatic heterocycles. The molecule has 3 aromatic rings. The summed E-state index contributed by atoms with van der Waals surface area (Å²) in [5.74, 6) is 4.41. The second kappa shape index (κ2) is 5.85. The maximum absolute atomic E-state index is 13.7. The van der Waals surface area contributed by atoms with E-state index < -0.39 is 17.7 Å². The Morgan fingerprint density at radius 2 is 2.00 bits per heavy atom. The van der Waals surface area contributed by atoms with Crippen LogP contribution in [0, 0.1) is 11.6 Å². The Morgan fingerprint density at radius 3 is 2.71 bits per heavy atom. The van der Waals surface area contributed by atoms with Gasteiger partial charge in [0, 0.05) is 11.8 Å². The molecule has 0 saturated carbocycles. The first-order valence-corrected chi connectivity index (χ1v) is 7.29. The van der Waals surface area contributed by atoms with E-state index in [-0.39, 0.29) is 12.0 Å². The van der Waals surface area contributed by atoms with Gasteiger partial charge in [-0.25, -0.2) is 8.78 Å². The van der Waals surface area contributed by atoms with Gasteiger partial charge in [-0.15, -0.1) is 11.3 Å². The van der Waals surface area contributed by atoms with Gasteiger partial charge in [0.15, 0.2) is 0 Å². The highest BCUT2D eigenvalue weighted by Gasteiger charge is 2.17. The Morgan fingerprint density at radius 1 is 1.24 bits per heavy atom. The molecule has 0 aliphatic carbocycles. The zero-order chi connectivity index (χ0) is 14.8. The number of rotatable bonds is 4. The van der Waals surface area contributed by atoms with E-state index in [1.165, 1.54) is 18.2 Å². The van der Waals surface area contributed by atoms with Crippen LogP contribution in [0.25, 0.3) is 10.2 Å². The maximum atomic E-state index is 13.7. The summed E-state index contributed by atoms with van der Waals surface area (Å²) < 4.78 is 28.5. The second-order valence-corrected chi connectivity index (χ2v) is 5.64. The van der Waals surface area contributed by atoms with Gasteiger partial charge in [-0.05, 0) is 41.6 Å². The molecule has 1 atom stereocenters. The fourth-order valence-corrected chi connectivity index (χ4v) is 3.05. The minimum atomic E-state index is -0.569. The largest absolute Gasteiger partial charge is 0.271 e. The summed E-state index contributed by atoms with van der Waals surface area (Å²) in [5, 5.41) is 1.95. The first kappa shape index (κ1) is 14.1. The first-order chi connectivity index (χ1) is 10.2. The zero-order valence-electron chi connectivity index (χ0n) is 11.0. The topological polar surface area (TPSA) is 50.9 Å². The van der Waals surface area contributed by atoms with Gasteiger partial charge < -0.3 is 0 Å². The molecule has 2 heterocycles. The highest BCUT2D eigenvalue weighted by molar-refractivity contribution is 7.17. The third kappa shape index (κ3) is 2.78. The van der Waals surface area contributed by atoms with Gasteiger partial charge >= 0.3 is 0 Å². The van der Waals surface area contributed by atoms with Gasteiger partial charge in [-0.3, -0.25) is 16.3 Å². The number of hydrogen-bond donors (Lipinski definition) is 2. The number of pyridine rings is 1. The first-order valence-electron chi connectivity index (χ1n) is 6.41. The van der Waals surface area contributed by atoms with Gasteiger partial charge in [0.25, 0.3) is 0 Å². The van der Waals surface area contributed by atoms with E-state index in [9.17, 15) is 8.78 Å². The van der Waals surface area contributed by atoms with E-state index in [0.717, 1.165) is 15.8 Å². The van der Waals surface area contributed by atoms with Gasteiger partial charge in [0.05, 0.1) is 16.3 Å². The molecule has 108 valence electrons. The summed E-state index contributed by atoms with van der Waals surface area (Å²) >= 11 is 1.56. The molecule has 0 fully saturated rings. The summed E-state index contributed by atoms with van der Waals surface area (Å²) in [7, 11) is 0. The summed E-state index contributed by atoms with van der Waals surface area (Å²) in [5.41, 5.74) is 4.33. The monoisotopic (exact) mass is 305 g/mol. The number of fused-ring (bicyclic) bond motifs is 1. The molecule has 0 amide bonds. The SMILES string of the molecule is NNC(Cc1c(F)cccc1F)c1cnc2ccsc2c1. The van der Waals surface area contributed by atoms with Crippen molar-refractivity contribution in [2.45, 2.75) is 12.5 Å². The number of thiophene rings is 1. The van der Waals surface area contributed by atoms with Gasteiger partial charge in [0.1, 0.15) is 11.6 Å². The molecular weight excluding hydrogens is 292 g/mol. The van der Waals surface area contributed by atoms with Crippen molar-refractivity contribution < 1.29 is 8.78 Å².